The Bertz CT molecular complexity index is 132. The molecule has 1 fully saturated rings. The molecule has 1 aliphatic rings. The van der Waals surface area contributed by atoms with Gasteiger partial charge in [0.25, 0.3) is 0 Å². The monoisotopic (exact) mass is 143 g/mol. The van der Waals surface area contributed by atoms with Crippen LogP contribution in [0.4, 0.5) is 0 Å². The minimum Gasteiger partial charge on any atom is -0.272 e. The first-order valence-corrected chi connectivity index (χ1v) is 3.66. The lowest BCUT2D eigenvalue weighted by Gasteiger charge is -2.14. The van der Waals surface area contributed by atoms with E-state index < -0.39 is 0 Å². The summed E-state index contributed by atoms with van der Waals surface area (Å²) < 4.78 is 0. The van der Waals surface area contributed by atoms with E-state index in [9.17, 15) is 4.79 Å². The van der Waals surface area contributed by atoms with E-state index in [1.165, 1.54) is 5.06 Å². The lowest BCUT2D eigenvalue weighted by molar-refractivity contribution is -0.178. The normalized spacial score (nSPS) is 17.0. The van der Waals surface area contributed by atoms with E-state index in [0.29, 0.717) is 6.61 Å². The van der Waals surface area contributed by atoms with Crippen LogP contribution in [-0.2, 0) is 9.63 Å². The molecule has 0 aromatic carbocycles. The van der Waals surface area contributed by atoms with Crippen molar-refractivity contribution in [3.8, 4) is 0 Å². The first-order valence-electron chi connectivity index (χ1n) is 3.66. The zero-order chi connectivity index (χ0) is 7.56. The van der Waals surface area contributed by atoms with E-state index in [-0.39, 0.29) is 11.8 Å². The number of hydrogen-bond donors (Lipinski definition) is 0. The van der Waals surface area contributed by atoms with Gasteiger partial charge in [-0.15, -0.1) is 0 Å². The van der Waals surface area contributed by atoms with Crippen LogP contribution in [0.5, 0.6) is 0 Å². The maximum atomic E-state index is 11.1. The van der Waals surface area contributed by atoms with Gasteiger partial charge in [-0.25, -0.2) is 5.06 Å². The molecular weight excluding hydrogens is 130 g/mol. The van der Waals surface area contributed by atoms with Crippen molar-refractivity contribution in [3.05, 3.63) is 0 Å². The van der Waals surface area contributed by atoms with Gasteiger partial charge in [-0.1, -0.05) is 0 Å². The molecule has 3 heteroatoms. The van der Waals surface area contributed by atoms with Crippen LogP contribution < -0.4 is 0 Å². The summed E-state index contributed by atoms with van der Waals surface area (Å²) in [6.07, 6.45) is 2.08. The Hall–Kier alpha value is -0.570. The van der Waals surface area contributed by atoms with E-state index in [2.05, 4.69) is 0 Å². The van der Waals surface area contributed by atoms with Crippen LogP contribution in [0.2, 0.25) is 0 Å². The number of hydroxylamine groups is 2. The van der Waals surface area contributed by atoms with Crippen molar-refractivity contribution in [2.75, 3.05) is 13.7 Å². The molecule has 0 aliphatic heterocycles. The summed E-state index contributed by atoms with van der Waals surface area (Å²) in [7, 11) is 1.67. The van der Waals surface area contributed by atoms with Crippen LogP contribution in [0.3, 0.4) is 0 Å². The predicted molar refractivity (Wildman–Crippen MR) is 37.1 cm³/mol. The van der Waals surface area contributed by atoms with E-state index in [1.807, 2.05) is 6.92 Å². The average Bonchev–Trinajstić information content (AvgIpc) is 2.68. The highest BCUT2D eigenvalue weighted by Gasteiger charge is 2.32. The fourth-order valence-corrected chi connectivity index (χ4v) is 0.845. The van der Waals surface area contributed by atoms with Crippen LogP contribution >= 0.6 is 0 Å². The van der Waals surface area contributed by atoms with Gasteiger partial charge in [-0.05, 0) is 19.8 Å². The maximum absolute atomic E-state index is 11.1. The van der Waals surface area contributed by atoms with E-state index in [1.54, 1.807) is 7.05 Å². The Morgan fingerprint density at radius 2 is 2.30 bits per heavy atom. The summed E-state index contributed by atoms with van der Waals surface area (Å²) in [6, 6.07) is 0. The molecule has 0 atom stereocenters. The van der Waals surface area contributed by atoms with Gasteiger partial charge in [-0.2, -0.15) is 0 Å². The number of carbonyl (C=O) groups is 1. The standard InChI is InChI=1S/C7H13NO2/c1-3-10-8(2)7(9)6-4-5-6/h6H,3-5H2,1-2H3. The Balaban J connectivity index is 2.24. The minimum absolute atomic E-state index is 0.127. The maximum Gasteiger partial charge on any atom is 0.248 e. The summed E-state index contributed by atoms with van der Waals surface area (Å²) in [4.78, 5) is 16.1. The lowest BCUT2D eigenvalue weighted by Crippen LogP contribution is -2.28. The highest BCUT2D eigenvalue weighted by atomic mass is 16.7. The van der Waals surface area contributed by atoms with Crippen molar-refractivity contribution in [1.29, 1.82) is 0 Å². The van der Waals surface area contributed by atoms with Gasteiger partial charge in [0.15, 0.2) is 0 Å². The van der Waals surface area contributed by atoms with Gasteiger partial charge < -0.3 is 0 Å². The molecule has 1 saturated carbocycles. The summed E-state index contributed by atoms with van der Waals surface area (Å²) in [6.45, 7) is 2.44. The minimum atomic E-state index is 0.127. The van der Waals surface area contributed by atoms with Gasteiger partial charge >= 0.3 is 0 Å². The average molecular weight is 143 g/mol. The Morgan fingerprint density at radius 3 is 2.70 bits per heavy atom. The molecule has 0 spiro atoms. The molecule has 1 amide bonds. The van der Waals surface area contributed by atoms with Gasteiger partial charge in [0, 0.05) is 13.0 Å². The first-order chi connectivity index (χ1) is 4.75. The Labute approximate surface area is 60.9 Å². The predicted octanol–water partition coefficient (Wildman–Crippen LogP) is 0.806. The largest absolute Gasteiger partial charge is 0.272 e. The fraction of sp³-hybridized carbons (Fsp3) is 0.857. The van der Waals surface area contributed by atoms with Crippen LogP contribution in [0.1, 0.15) is 19.8 Å². The van der Waals surface area contributed by atoms with E-state index in [0.717, 1.165) is 12.8 Å². The van der Waals surface area contributed by atoms with Crippen LogP contribution in [-0.4, -0.2) is 24.6 Å². The molecule has 58 valence electrons. The molecule has 0 aromatic rings. The van der Waals surface area contributed by atoms with Crippen molar-refractivity contribution in [1.82, 2.24) is 5.06 Å². The van der Waals surface area contributed by atoms with Crippen molar-refractivity contribution in [2.24, 2.45) is 5.92 Å². The second kappa shape index (κ2) is 3.01. The zero-order valence-electron chi connectivity index (χ0n) is 6.46. The second-order valence-corrected chi connectivity index (χ2v) is 2.53. The molecule has 0 aromatic heterocycles. The summed E-state index contributed by atoms with van der Waals surface area (Å²) in [5.41, 5.74) is 0. The van der Waals surface area contributed by atoms with Gasteiger partial charge in [0.2, 0.25) is 5.91 Å². The van der Waals surface area contributed by atoms with E-state index >= 15 is 0 Å². The van der Waals surface area contributed by atoms with Crippen molar-refractivity contribution in [3.63, 3.8) is 0 Å². The second-order valence-electron chi connectivity index (χ2n) is 2.53. The third-order valence-electron chi connectivity index (χ3n) is 1.56. The zero-order valence-corrected chi connectivity index (χ0v) is 6.46. The molecule has 1 aliphatic carbocycles. The molecule has 1 rings (SSSR count). The lowest BCUT2D eigenvalue weighted by atomic mass is 10.4. The number of amides is 1. The molecule has 0 saturated heterocycles. The topological polar surface area (TPSA) is 29.5 Å². The van der Waals surface area contributed by atoms with Crippen LogP contribution in [0.25, 0.3) is 0 Å². The molecule has 0 bridgehead atoms. The number of rotatable bonds is 3. The molecule has 0 unspecified atom stereocenters. The number of carbonyl (C=O) groups excluding carboxylic acids is 1. The SMILES string of the molecule is CCON(C)C(=O)C1CC1. The van der Waals surface area contributed by atoms with Gasteiger partial charge in [0.1, 0.15) is 0 Å². The Kier molecular flexibility index (Phi) is 2.27. The summed E-state index contributed by atoms with van der Waals surface area (Å²) >= 11 is 0. The quantitative estimate of drug-likeness (QED) is 0.547. The molecule has 0 N–H and O–H groups in total. The number of nitrogens with zero attached hydrogens (tertiary/aromatic N) is 1. The van der Waals surface area contributed by atoms with Gasteiger partial charge in [-0.3, -0.25) is 9.63 Å². The first kappa shape index (κ1) is 7.54. The van der Waals surface area contributed by atoms with Crippen LogP contribution in [0.15, 0.2) is 0 Å². The van der Waals surface area contributed by atoms with Crippen molar-refractivity contribution >= 4 is 5.91 Å². The summed E-state index contributed by atoms with van der Waals surface area (Å²) in [5.74, 6) is 0.387. The smallest absolute Gasteiger partial charge is 0.248 e. The van der Waals surface area contributed by atoms with Crippen molar-refractivity contribution < 1.29 is 9.63 Å². The molecule has 0 radical (unpaired) electrons. The van der Waals surface area contributed by atoms with E-state index in [4.69, 9.17) is 4.84 Å². The molecule has 0 heterocycles. The third-order valence-corrected chi connectivity index (χ3v) is 1.56. The van der Waals surface area contributed by atoms with Crippen molar-refractivity contribution in [2.45, 2.75) is 19.8 Å². The number of hydrogen-bond acceptors (Lipinski definition) is 2. The fourth-order valence-electron chi connectivity index (χ4n) is 0.845. The molecule has 3 nitrogen and oxygen atoms in total. The molecule has 10 heavy (non-hydrogen) atoms. The summed E-state index contributed by atoms with van der Waals surface area (Å²) in [5, 5.41) is 1.34. The third kappa shape index (κ3) is 1.70. The highest BCUT2D eigenvalue weighted by molar-refractivity contribution is 5.79. The van der Waals surface area contributed by atoms with Crippen LogP contribution in [0, 0.1) is 5.92 Å². The Morgan fingerprint density at radius 1 is 1.70 bits per heavy atom. The highest BCUT2D eigenvalue weighted by Crippen LogP contribution is 2.30. The van der Waals surface area contributed by atoms with Gasteiger partial charge in [0.05, 0.1) is 6.61 Å². The molecular formula is C7H13NO2.